The summed E-state index contributed by atoms with van der Waals surface area (Å²) in [6.45, 7) is 5.65. The zero-order valence-corrected chi connectivity index (χ0v) is 13.3. The van der Waals surface area contributed by atoms with E-state index in [4.69, 9.17) is 4.74 Å². The van der Waals surface area contributed by atoms with Gasteiger partial charge in [-0.25, -0.2) is 13.6 Å². The minimum atomic E-state index is -0.952. The third kappa shape index (κ3) is 5.67. The summed E-state index contributed by atoms with van der Waals surface area (Å²) in [5.41, 5.74) is 0. The lowest BCUT2D eigenvalue weighted by Crippen LogP contribution is -2.48. The van der Waals surface area contributed by atoms with Crippen LogP contribution in [0.5, 0.6) is 5.75 Å². The molecule has 0 atom stereocenters. The fourth-order valence-corrected chi connectivity index (χ4v) is 2.53. The third-order valence-electron chi connectivity index (χ3n) is 3.92. The molecule has 1 aliphatic rings. The second-order valence-electron chi connectivity index (χ2n) is 5.53. The molecule has 0 saturated carbocycles. The molecule has 0 radical (unpaired) electrons. The maximum Gasteiger partial charge on any atom is 0.315 e. The largest absolute Gasteiger partial charge is 0.492 e. The Hall–Kier alpha value is -1.89. The first kappa shape index (κ1) is 17.5. The highest BCUT2D eigenvalue weighted by Crippen LogP contribution is 2.15. The highest BCUT2D eigenvalue weighted by Gasteiger charge is 2.19. The first-order valence-electron chi connectivity index (χ1n) is 7.93. The minimum Gasteiger partial charge on any atom is -0.492 e. The number of carbonyl (C=O) groups excluding carboxylic acids is 1. The molecule has 2 N–H and O–H groups in total. The number of likely N-dealkylation sites (tertiary alicyclic amines) is 1. The van der Waals surface area contributed by atoms with E-state index >= 15 is 0 Å². The van der Waals surface area contributed by atoms with E-state index in [1.807, 2.05) is 0 Å². The van der Waals surface area contributed by atoms with Crippen molar-refractivity contribution in [2.45, 2.75) is 25.8 Å². The topological polar surface area (TPSA) is 53.6 Å². The number of ether oxygens (including phenoxy) is 1. The van der Waals surface area contributed by atoms with Gasteiger partial charge in [0, 0.05) is 25.2 Å². The molecule has 0 spiro atoms. The van der Waals surface area contributed by atoms with Crippen LogP contribution < -0.4 is 15.4 Å². The van der Waals surface area contributed by atoms with Crippen LogP contribution in [0.15, 0.2) is 18.2 Å². The molecule has 0 aliphatic carbocycles. The fraction of sp³-hybridized carbons (Fsp3) is 0.562. The van der Waals surface area contributed by atoms with E-state index in [1.54, 1.807) is 0 Å². The van der Waals surface area contributed by atoms with E-state index < -0.39 is 11.6 Å². The molecule has 1 aliphatic heterocycles. The van der Waals surface area contributed by atoms with E-state index in [9.17, 15) is 13.6 Å². The number of rotatable bonds is 6. The van der Waals surface area contributed by atoms with Gasteiger partial charge in [0.1, 0.15) is 12.4 Å². The van der Waals surface area contributed by atoms with Crippen LogP contribution in [-0.4, -0.2) is 49.8 Å². The Balaban J connectivity index is 1.60. The molecule has 1 saturated heterocycles. The summed E-state index contributed by atoms with van der Waals surface area (Å²) in [4.78, 5) is 14.1. The minimum absolute atomic E-state index is 0.187. The quantitative estimate of drug-likeness (QED) is 0.787. The molecular weight excluding hydrogens is 304 g/mol. The van der Waals surface area contributed by atoms with Gasteiger partial charge < -0.3 is 20.3 Å². The van der Waals surface area contributed by atoms with E-state index in [1.165, 1.54) is 6.07 Å². The molecule has 2 amide bonds. The second-order valence-corrected chi connectivity index (χ2v) is 5.53. The highest BCUT2D eigenvalue weighted by molar-refractivity contribution is 5.74. The summed E-state index contributed by atoms with van der Waals surface area (Å²) >= 11 is 0. The van der Waals surface area contributed by atoms with Gasteiger partial charge in [-0.05, 0) is 31.5 Å². The van der Waals surface area contributed by atoms with Crippen LogP contribution in [0.25, 0.3) is 0 Å². The predicted molar refractivity (Wildman–Crippen MR) is 83.5 cm³/mol. The first-order valence-corrected chi connectivity index (χ1v) is 7.93. The van der Waals surface area contributed by atoms with Crippen molar-refractivity contribution in [3.63, 3.8) is 0 Å². The summed E-state index contributed by atoms with van der Waals surface area (Å²) in [5, 5.41) is 5.63. The lowest BCUT2D eigenvalue weighted by Gasteiger charge is -2.31. The van der Waals surface area contributed by atoms with Crippen LogP contribution in [0.4, 0.5) is 13.6 Å². The first-order chi connectivity index (χ1) is 11.1. The van der Waals surface area contributed by atoms with E-state index in [-0.39, 0.29) is 24.4 Å². The molecule has 2 rings (SSSR count). The average Bonchev–Trinajstić information content (AvgIpc) is 2.55. The standard InChI is InChI=1S/C16H23F2N3O2/c1-2-21-8-5-12(6-9-21)20-16(22)19-7-10-23-13-3-4-14(17)15(18)11-13/h3-4,11-12H,2,5-10H2,1H3,(H2,19,20,22). The smallest absolute Gasteiger partial charge is 0.315 e. The Bertz CT molecular complexity index is 520. The monoisotopic (exact) mass is 327 g/mol. The molecule has 128 valence electrons. The number of benzene rings is 1. The number of halogens is 2. The van der Waals surface area contributed by atoms with Gasteiger partial charge in [0.15, 0.2) is 11.6 Å². The average molecular weight is 327 g/mol. The predicted octanol–water partition coefficient (Wildman–Crippen LogP) is 2.13. The maximum atomic E-state index is 13.0. The molecule has 0 unspecified atom stereocenters. The van der Waals surface area contributed by atoms with Crippen LogP contribution in [0.1, 0.15) is 19.8 Å². The molecule has 1 heterocycles. The summed E-state index contributed by atoms with van der Waals surface area (Å²) in [6, 6.07) is 3.31. The van der Waals surface area contributed by atoms with Crippen molar-refractivity contribution in [1.29, 1.82) is 0 Å². The van der Waals surface area contributed by atoms with Gasteiger partial charge in [-0.2, -0.15) is 0 Å². The molecule has 7 heteroatoms. The van der Waals surface area contributed by atoms with Gasteiger partial charge in [0.25, 0.3) is 0 Å². The van der Waals surface area contributed by atoms with Crippen molar-refractivity contribution in [3.8, 4) is 5.75 Å². The summed E-state index contributed by atoms with van der Waals surface area (Å²) < 4.78 is 31.0. The van der Waals surface area contributed by atoms with E-state index in [0.29, 0.717) is 6.54 Å². The van der Waals surface area contributed by atoms with Gasteiger partial charge >= 0.3 is 6.03 Å². The van der Waals surface area contributed by atoms with Crippen molar-refractivity contribution in [2.24, 2.45) is 0 Å². The number of carbonyl (C=O) groups is 1. The number of hydrogen-bond acceptors (Lipinski definition) is 3. The van der Waals surface area contributed by atoms with Crippen LogP contribution in [0.2, 0.25) is 0 Å². The summed E-state index contributed by atoms with van der Waals surface area (Å²) in [7, 11) is 0. The number of nitrogens with zero attached hydrogens (tertiary/aromatic N) is 1. The number of urea groups is 1. The Morgan fingerprint density at radius 2 is 2.04 bits per heavy atom. The molecule has 1 aromatic carbocycles. The SMILES string of the molecule is CCN1CCC(NC(=O)NCCOc2ccc(F)c(F)c2)CC1. The van der Waals surface area contributed by atoms with Gasteiger partial charge in [0.2, 0.25) is 0 Å². The zero-order valence-electron chi connectivity index (χ0n) is 13.3. The highest BCUT2D eigenvalue weighted by atomic mass is 19.2. The Kier molecular flexibility index (Phi) is 6.58. The van der Waals surface area contributed by atoms with Gasteiger partial charge in [-0.1, -0.05) is 6.92 Å². The van der Waals surface area contributed by atoms with Crippen molar-refractivity contribution < 1.29 is 18.3 Å². The van der Waals surface area contributed by atoms with Crippen LogP contribution >= 0.6 is 0 Å². The molecular formula is C16H23F2N3O2. The third-order valence-corrected chi connectivity index (χ3v) is 3.92. The van der Waals surface area contributed by atoms with E-state index in [0.717, 1.165) is 44.6 Å². The Labute approximate surface area is 135 Å². The van der Waals surface area contributed by atoms with E-state index in [2.05, 4.69) is 22.5 Å². The van der Waals surface area contributed by atoms with Crippen molar-refractivity contribution in [2.75, 3.05) is 32.8 Å². The summed E-state index contributed by atoms with van der Waals surface area (Å²) in [5.74, 6) is -1.63. The second kappa shape index (κ2) is 8.67. The van der Waals surface area contributed by atoms with Crippen molar-refractivity contribution >= 4 is 6.03 Å². The Morgan fingerprint density at radius 1 is 1.30 bits per heavy atom. The Morgan fingerprint density at radius 3 is 2.70 bits per heavy atom. The van der Waals surface area contributed by atoms with Crippen LogP contribution in [0, 0.1) is 11.6 Å². The van der Waals surface area contributed by atoms with Gasteiger partial charge in [-0.3, -0.25) is 0 Å². The maximum absolute atomic E-state index is 13.0. The normalized spacial score (nSPS) is 16.1. The number of amides is 2. The lowest BCUT2D eigenvalue weighted by atomic mass is 10.1. The molecule has 1 fully saturated rings. The fourth-order valence-electron chi connectivity index (χ4n) is 2.53. The van der Waals surface area contributed by atoms with Gasteiger partial charge in [-0.15, -0.1) is 0 Å². The van der Waals surface area contributed by atoms with Crippen LogP contribution in [-0.2, 0) is 0 Å². The zero-order chi connectivity index (χ0) is 16.7. The van der Waals surface area contributed by atoms with Crippen molar-refractivity contribution in [1.82, 2.24) is 15.5 Å². The molecule has 5 nitrogen and oxygen atoms in total. The number of hydrogen-bond donors (Lipinski definition) is 2. The lowest BCUT2D eigenvalue weighted by molar-refractivity contribution is 0.197. The molecule has 23 heavy (non-hydrogen) atoms. The molecule has 0 aromatic heterocycles. The van der Waals surface area contributed by atoms with Gasteiger partial charge in [0.05, 0.1) is 6.54 Å². The number of piperidine rings is 1. The summed E-state index contributed by atoms with van der Waals surface area (Å²) in [6.07, 6.45) is 1.90. The van der Waals surface area contributed by atoms with Crippen LogP contribution in [0.3, 0.4) is 0 Å². The number of nitrogens with one attached hydrogen (secondary N) is 2. The molecule has 0 bridgehead atoms. The van der Waals surface area contributed by atoms with Crippen molar-refractivity contribution in [3.05, 3.63) is 29.8 Å². The molecule has 1 aromatic rings.